The molecule has 0 saturated carbocycles. The van der Waals surface area contributed by atoms with Gasteiger partial charge in [0.25, 0.3) is 5.56 Å². The van der Waals surface area contributed by atoms with Crippen molar-refractivity contribution in [3.05, 3.63) is 123 Å². The maximum absolute atomic E-state index is 14.5. The van der Waals surface area contributed by atoms with Crippen LogP contribution in [0.2, 0.25) is 10.0 Å². The number of ketones is 1. The summed E-state index contributed by atoms with van der Waals surface area (Å²) in [6, 6.07) is 17.6. The van der Waals surface area contributed by atoms with Gasteiger partial charge >= 0.3 is 0 Å². The predicted molar refractivity (Wildman–Crippen MR) is 203 cm³/mol. The smallest absolute Gasteiger partial charge is 0.260 e. The second-order valence-electron chi connectivity index (χ2n) is 11.7. The van der Waals surface area contributed by atoms with Gasteiger partial charge in [-0.25, -0.2) is 4.98 Å². The largest absolute Gasteiger partial charge is 0.495 e. The second kappa shape index (κ2) is 16.5. The average Bonchev–Trinajstić information content (AvgIpc) is 3.11. The van der Waals surface area contributed by atoms with E-state index in [1.807, 2.05) is 55.4 Å². The molecule has 0 aliphatic heterocycles. The summed E-state index contributed by atoms with van der Waals surface area (Å²) in [5, 5.41) is 6.83. The number of fused-ring (bicyclic) bond motifs is 1. The zero-order valence-corrected chi connectivity index (χ0v) is 30.0. The van der Waals surface area contributed by atoms with Crippen LogP contribution in [0.25, 0.3) is 22.2 Å². The number of allylic oxidation sites excluding steroid dienone is 1. The molecule has 2 aromatic heterocycles. The Balaban J connectivity index is 1.60. The van der Waals surface area contributed by atoms with Gasteiger partial charge in [0.15, 0.2) is 5.78 Å². The number of nitrogens with zero attached hydrogens (tertiary/aromatic N) is 4. The molecule has 0 fully saturated rings. The molecule has 1 amide bonds. The van der Waals surface area contributed by atoms with E-state index in [1.54, 1.807) is 36.5 Å². The van der Waals surface area contributed by atoms with Crippen LogP contribution in [0.15, 0.2) is 96.5 Å². The lowest BCUT2D eigenvalue weighted by molar-refractivity contribution is -0.114. The Kier molecular flexibility index (Phi) is 11.9. The Morgan fingerprint density at radius 2 is 1.69 bits per heavy atom. The monoisotopic (exact) mass is 726 g/mol. The van der Waals surface area contributed by atoms with E-state index in [0.717, 1.165) is 11.1 Å². The topological polar surface area (TPSA) is 128 Å². The highest BCUT2D eigenvalue weighted by Gasteiger charge is 2.23. The van der Waals surface area contributed by atoms with Gasteiger partial charge in [-0.15, -0.1) is 0 Å². The van der Waals surface area contributed by atoms with E-state index in [2.05, 4.69) is 22.2 Å². The molecule has 0 bridgehead atoms. The number of para-hydroxylation sites is 1. The van der Waals surface area contributed by atoms with Crippen LogP contribution in [0.1, 0.15) is 11.1 Å². The normalized spacial score (nSPS) is 11.2. The number of ether oxygens (including phenoxy) is 2. The number of methoxy groups -OCH3 is 2. The molecule has 0 aliphatic carbocycles. The third kappa shape index (κ3) is 8.64. The minimum atomic E-state index is -0.438. The number of nitrogens with one attached hydrogen (secondary N) is 2. The number of aromatic nitrogens is 3. The summed E-state index contributed by atoms with van der Waals surface area (Å²) in [6.45, 7) is 4.30. The number of carbonyl (C=O) groups is 2. The molecule has 3 aromatic carbocycles. The highest BCUT2D eigenvalue weighted by Crippen LogP contribution is 2.45. The number of hydrogen-bond acceptors (Lipinski definition) is 9. The summed E-state index contributed by atoms with van der Waals surface area (Å²) in [5.74, 6) is 0.369. The molecular weight excluding hydrogens is 691 g/mol. The van der Waals surface area contributed by atoms with Gasteiger partial charge in [0.1, 0.15) is 17.1 Å². The van der Waals surface area contributed by atoms with Crippen molar-refractivity contribution in [2.75, 3.05) is 45.5 Å². The van der Waals surface area contributed by atoms with E-state index in [-0.39, 0.29) is 63.3 Å². The first-order valence-corrected chi connectivity index (χ1v) is 16.5. The van der Waals surface area contributed by atoms with Gasteiger partial charge in [0.05, 0.1) is 36.4 Å². The molecule has 51 heavy (non-hydrogen) atoms. The lowest BCUT2D eigenvalue weighted by Gasteiger charge is -2.17. The lowest BCUT2D eigenvalue weighted by Crippen LogP contribution is -2.24. The van der Waals surface area contributed by atoms with E-state index in [0.29, 0.717) is 29.0 Å². The molecule has 5 aromatic rings. The summed E-state index contributed by atoms with van der Waals surface area (Å²) < 4.78 is 12.4. The third-order valence-electron chi connectivity index (χ3n) is 7.83. The van der Waals surface area contributed by atoms with E-state index in [9.17, 15) is 14.4 Å². The van der Waals surface area contributed by atoms with Crippen LogP contribution in [-0.4, -0.2) is 66.0 Å². The van der Waals surface area contributed by atoms with Gasteiger partial charge in [-0.2, -0.15) is 4.98 Å². The molecule has 2 heterocycles. The van der Waals surface area contributed by atoms with Crippen molar-refractivity contribution < 1.29 is 19.1 Å². The minimum absolute atomic E-state index is 0.0946. The Hall–Kier alpha value is -5.49. The van der Waals surface area contributed by atoms with Crippen molar-refractivity contribution >= 4 is 63.2 Å². The molecule has 262 valence electrons. The molecule has 0 spiro atoms. The predicted octanol–water partition coefficient (Wildman–Crippen LogP) is 6.93. The Bertz CT molecular complexity index is 2170. The first-order chi connectivity index (χ1) is 24.5. The Labute approximate surface area is 305 Å². The highest BCUT2D eigenvalue weighted by atomic mass is 35.5. The molecule has 0 radical (unpaired) electrons. The summed E-state index contributed by atoms with van der Waals surface area (Å²) >= 11 is 13.5. The SMILES string of the molecule is C=CC(=O)Cc1ccccc1Nc1ncc2cc(-c3c(Cl)c(OC)cc(OC)c3Cl)c(=O)n(Cc3ccc(NC(=O)/C=C/CN(C)C)cc3)c2n1. The van der Waals surface area contributed by atoms with Crippen molar-refractivity contribution in [2.45, 2.75) is 13.0 Å². The first-order valence-electron chi connectivity index (χ1n) is 15.7. The zero-order valence-electron chi connectivity index (χ0n) is 28.5. The molecular formula is C38H36Cl2N6O5. The zero-order chi connectivity index (χ0) is 36.7. The number of anilines is 3. The number of halogens is 2. The molecule has 0 aliphatic rings. The van der Waals surface area contributed by atoms with Crippen LogP contribution in [0, 0.1) is 0 Å². The molecule has 2 N–H and O–H groups in total. The first kappa shape index (κ1) is 36.8. The fraction of sp³-hybridized carbons (Fsp3) is 0.184. The number of pyridine rings is 1. The van der Waals surface area contributed by atoms with Crippen molar-refractivity contribution in [3.63, 3.8) is 0 Å². The van der Waals surface area contributed by atoms with Gasteiger partial charge in [-0.1, -0.05) is 66.2 Å². The van der Waals surface area contributed by atoms with Crippen LogP contribution in [0.5, 0.6) is 11.5 Å². The van der Waals surface area contributed by atoms with Gasteiger partial charge in [0.2, 0.25) is 11.9 Å². The van der Waals surface area contributed by atoms with Crippen LogP contribution in [0.3, 0.4) is 0 Å². The summed E-state index contributed by atoms with van der Waals surface area (Å²) in [4.78, 5) is 50.3. The van der Waals surface area contributed by atoms with E-state index < -0.39 is 5.56 Å². The molecule has 13 heteroatoms. The summed E-state index contributed by atoms with van der Waals surface area (Å²) in [5.41, 5.74) is 3.01. The van der Waals surface area contributed by atoms with Gasteiger partial charge < -0.3 is 25.0 Å². The van der Waals surface area contributed by atoms with Crippen LogP contribution >= 0.6 is 23.2 Å². The fourth-order valence-electron chi connectivity index (χ4n) is 5.27. The van der Waals surface area contributed by atoms with Crippen molar-refractivity contribution in [3.8, 4) is 22.6 Å². The highest BCUT2D eigenvalue weighted by molar-refractivity contribution is 6.41. The number of likely N-dealkylation sites (N-methyl/N-ethyl adjacent to an activating group) is 1. The van der Waals surface area contributed by atoms with Crippen molar-refractivity contribution in [1.82, 2.24) is 19.4 Å². The number of benzene rings is 3. The average molecular weight is 728 g/mol. The molecule has 5 rings (SSSR count). The number of carbonyl (C=O) groups excluding carboxylic acids is 2. The second-order valence-corrected chi connectivity index (χ2v) is 12.4. The molecule has 0 saturated heterocycles. The van der Waals surface area contributed by atoms with Crippen molar-refractivity contribution in [1.29, 1.82) is 0 Å². The lowest BCUT2D eigenvalue weighted by atomic mass is 10.0. The van der Waals surface area contributed by atoms with Gasteiger partial charge in [0, 0.05) is 53.6 Å². The van der Waals surface area contributed by atoms with E-state index in [4.69, 9.17) is 37.7 Å². The molecule has 0 atom stereocenters. The fourth-order valence-corrected chi connectivity index (χ4v) is 5.98. The van der Waals surface area contributed by atoms with Crippen LogP contribution in [-0.2, 0) is 22.6 Å². The maximum atomic E-state index is 14.5. The minimum Gasteiger partial charge on any atom is -0.495 e. The van der Waals surface area contributed by atoms with Crippen LogP contribution < -0.4 is 25.7 Å². The number of amides is 1. The van der Waals surface area contributed by atoms with Crippen LogP contribution in [0.4, 0.5) is 17.3 Å². The summed E-state index contributed by atoms with van der Waals surface area (Å²) in [7, 11) is 6.74. The van der Waals surface area contributed by atoms with Gasteiger partial charge in [-0.3, -0.25) is 19.0 Å². The number of hydrogen-bond donors (Lipinski definition) is 2. The quantitative estimate of drug-likeness (QED) is 0.117. The van der Waals surface area contributed by atoms with Crippen molar-refractivity contribution in [2.24, 2.45) is 0 Å². The van der Waals surface area contributed by atoms with Gasteiger partial charge in [-0.05, 0) is 55.6 Å². The third-order valence-corrected chi connectivity index (χ3v) is 8.58. The van der Waals surface area contributed by atoms with E-state index in [1.165, 1.54) is 30.9 Å². The molecule has 0 unspecified atom stereocenters. The van der Waals surface area contributed by atoms with E-state index >= 15 is 0 Å². The summed E-state index contributed by atoms with van der Waals surface area (Å²) in [6.07, 6.45) is 6.26. The maximum Gasteiger partial charge on any atom is 0.260 e. The number of rotatable bonds is 14. The molecule has 11 nitrogen and oxygen atoms in total. The Morgan fingerprint density at radius 3 is 2.33 bits per heavy atom. The Morgan fingerprint density at radius 1 is 1.00 bits per heavy atom. The standard InChI is InChI=1S/C38H36Cl2N6O5/c1-6-27(47)18-24-10-7-8-11-29(24)43-38-41-21-25-19-28(33-34(39)30(50-4)20-31(51-5)35(33)40)37(49)46(36(25)44-38)22-23-13-15-26(16-14-23)42-32(48)12-9-17-45(2)3/h6-16,19-21H,1,17-18,22H2,2-5H3,(H,42,48)(H,41,43,44)/b12-9+.